The highest BCUT2D eigenvalue weighted by Crippen LogP contribution is 2.30. The summed E-state index contributed by atoms with van der Waals surface area (Å²) in [6.07, 6.45) is 1.26. The molecule has 0 spiro atoms. The predicted octanol–water partition coefficient (Wildman–Crippen LogP) is -0.0783. The average molecular weight is 239 g/mol. The molecule has 1 fully saturated rings. The van der Waals surface area contributed by atoms with E-state index in [1.165, 1.54) is 18.3 Å². The van der Waals surface area contributed by atoms with E-state index in [0.717, 1.165) is 0 Å². The van der Waals surface area contributed by atoms with Gasteiger partial charge in [-0.25, -0.2) is 4.98 Å². The van der Waals surface area contributed by atoms with Crippen LogP contribution in [0.15, 0.2) is 18.3 Å². The van der Waals surface area contributed by atoms with Crippen LogP contribution in [0.25, 0.3) is 0 Å². The number of β-amino-alcohol motifs (C(OH)–C–C–N with tert-alkyl or cyclic N) is 1. The number of rotatable bonds is 3. The van der Waals surface area contributed by atoms with Crippen LogP contribution < -0.4 is 4.90 Å². The van der Waals surface area contributed by atoms with Crippen molar-refractivity contribution < 1.29 is 15.1 Å². The third kappa shape index (κ3) is 2.20. The molecule has 92 valence electrons. The Morgan fingerprint density at radius 1 is 1.65 bits per heavy atom. The summed E-state index contributed by atoms with van der Waals surface area (Å²) in [6, 6.07) is 2.53. The van der Waals surface area contributed by atoms with E-state index in [4.69, 9.17) is 0 Å². The van der Waals surface area contributed by atoms with Crippen LogP contribution in [0.4, 0.5) is 11.5 Å². The second-order valence-corrected chi connectivity index (χ2v) is 3.98. The van der Waals surface area contributed by atoms with Gasteiger partial charge in [-0.05, 0) is 12.5 Å². The summed E-state index contributed by atoms with van der Waals surface area (Å²) in [5, 5.41) is 29.6. The van der Waals surface area contributed by atoms with Gasteiger partial charge >= 0.3 is 5.69 Å². The molecule has 0 aliphatic carbocycles. The Bertz CT molecular complexity index is 426. The molecule has 2 heterocycles. The first kappa shape index (κ1) is 11.7. The SMILES string of the molecule is O=[N+]([O-])c1cccnc1N1C[C@H](O)C[C@H]1CO. The number of hydrogen-bond acceptors (Lipinski definition) is 6. The molecule has 0 unspecified atom stereocenters. The average Bonchev–Trinajstić information content (AvgIpc) is 2.70. The largest absolute Gasteiger partial charge is 0.394 e. The summed E-state index contributed by atoms with van der Waals surface area (Å²) in [5.41, 5.74) is -0.111. The Morgan fingerprint density at radius 3 is 3.06 bits per heavy atom. The zero-order valence-corrected chi connectivity index (χ0v) is 9.06. The molecule has 1 saturated heterocycles. The van der Waals surface area contributed by atoms with Gasteiger partial charge in [-0.2, -0.15) is 0 Å². The molecule has 2 rings (SSSR count). The third-order valence-electron chi connectivity index (χ3n) is 2.84. The summed E-state index contributed by atoms with van der Waals surface area (Å²) in [7, 11) is 0. The lowest BCUT2D eigenvalue weighted by Crippen LogP contribution is -2.33. The van der Waals surface area contributed by atoms with Crippen molar-refractivity contribution in [2.75, 3.05) is 18.1 Å². The van der Waals surface area contributed by atoms with Crippen LogP contribution >= 0.6 is 0 Å². The molecular formula is C10H13N3O4. The number of aromatic nitrogens is 1. The first-order chi connectivity index (χ1) is 8.13. The number of pyridine rings is 1. The predicted molar refractivity (Wildman–Crippen MR) is 59.7 cm³/mol. The molecule has 0 bridgehead atoms. The topological polar surface area (TPSA) is 99.7 Å². The van der Waals surface area contributed by atoms with Crippen LogP contribution in [0.2, 0.25) is 0 Å². The standard InChI is InChI=1S/C10H13N3O4/c14-6-7-4-8(15)5-12(7)10-9(13(16)17)2-1-3-11-10/h1-3,7-8,14-15H,4-6H2/t7-,8+/m0/s1. The molecule has 1 aliphatic rings. The van der Waals surface area contributed by atoms with Crippen molar-refractivity contribution in [2.24, 2.45) is 0 Å². The third-order valence-corrected chi connectivity index (χ3v) is 2.84. The maximum atomic E-state index is 10.9. The molecular weight excluding hydrogens is 226 g/mol. The van der Waals surface area contributed by atoms with E-state index in [9.17, 15) is 20.3 Å². The highest BCUT2D eigenvalue weighted by molar-refractivity contribution is 5.58. The van der Waals surface area contributed by atoms with Crippen LogP contribution in [0.3, 0.4) is 0 Å². The minimum absolute atomic E-state index is 0.111. The van der Waals surface area contributed by atoms with Crippen molar-refractivity contribution in [3.8, 4) is 0 Å². The van der Waals surface area contributed by atoms with Gasteiger partial charge in [0, 0.05) is 18.8 Å². The molecule has 1 aliphatic heterocycles. The Hall–Kier alpha value is -1.73. The minimum Gasteiger partial charge on any atom is -0.394 e. The second-order valence-electron chi connectivity index (χ2n) is 3.98. The van der Waals surface area contributed by atoms with E-state index in [0.29, 0.717) is 6.42 Å². The maximum absolute atomic E-state index is 10.9. The Labute approximate surface area is 97.5 Å². The van der Waals surface area contributed by atoms with E-state index in [2.05, 4.69) is 4.98 Å². The lowest BCUT2D eigenvalue weighted by molar-refractivity contribution is -0.384. The van der Waals surface area contributed by atoms with Crippen molar-refractivity contribution in [3.63, 3.8) is 0 Å². The summed E-state index contributed by atoms with van der Waals surface area (Å²) >= 11 is 0. The maximum Gasteiger partial charge on any atom is 0.311 e. The molecule has 7 nitrogen and oxygen atoms in total. The fourth-order valence-electron chi connectivity index (χ4n) is 2.08. The van der Waals surface area contributed by atoms with Gasteiger partial charge in [0.25, 0.3) is 0 Å². The highest BCUT2D eigenvalue weighted by Gasteiger charge is 2.34. The van der Waals surface area contributed by atoms with Crippen molar-refractivity contribution in [1.29, 1.82) is 0 Å². The first-order valence-electron chi connectivity index (χ1n) is 5.28. The zero-order valence-electron chi connectivity index (χ0n) is 9.06. The molecule has 0 amide bonds. The van der Waals surface area contributed by atoms with E-state index in [1.54, 1.807) is 4.90 Å². The number of hydrogen-bond donors (Lipinski definition) is 2. The number of aliphatic hydroxyl groups is 2. The Morgan fingerprint density at radius 2 is 2.41 bits per heavy atom. The Kier molecular flexibility index (Phi) is 3.21. The lowest BCUT2D eigenvalue weighted by atomic mass is 10.2. The summed E-state index contributed by atoms with van der Waals surface area (Å²) < 4.78 is 0. The van der Waals surface area contributed by atoms with E-state index < -0.39 is 11.0 Å². The van der Waals surface area contributed by atoms with Crippen LogP contribution in [-0.2, 0) is 0 Å². The summed E-state index contributed by atoms with van der Waals surface area (Å²) in [4.78, 5) is 15.9. The fourth-order valence-corrected chi connectivity index (χ4v) is 2.08. The van der Waals surface area contributed by atoms with E-state index in [1.807, 2.05) is 0 Å². The number of nitrogens with zero attached hydrogens (tertiary/aromatic N) is 3. The molecule has 0 radical (unpaired) electrons. The minimum atomic E-state index is -0.589. The molecule has 0 aromatic carbocycles. The molecule has 2 N–H and O–H groups in total. The van der Waals surface area contributed by atoms with Crippen molar-refractivity contribution in [3.05, 3.63) is 28.4 Å². The van der Waals surface area contributed by atoms with Gasteiger partial charge in [0.05, 0.1) is 23.7 Å². The number of aliphatic hydroxyl groups excluding tert-OH is 2. The van der Waals surface area contributed by atoms with Crippen molar-refractivity contribution in [1.82, 2.24) is 4.98 Å². The van der Waals surface area contributed by atoms with Crippen LogP contribution in [0.5, 0.6) is 0 Å². The van der Waals surface area contributed by atoms with Gasteiger partial charge in [0.1, 0.15) is 0 Å². The Balaban J connectivity index is 2.36. The van der Waals surface area contributed by atoms with Crippen LogP contribution in [0, 0.1) is 10.1 Å². The first-order valence-corrected chi connectivity index (χ1v) is 5.28. The lowest BCUT2D eigenvalue weighted by Gasteiger charge is -2.23. The van der Waals surface area contributed by atoms with Crippen molar-refractivity contribution >= 4 is 11.5 Å². The molecule has 2 atom stereocenters. The molecule has 7 heteroatoms. The van der Waals surface area contributed by atoms with E-state index >= 15 is 0 Å². The van der Waals surface area contributed by atoms with Crippen LogP contribution in [0.1, 0.15) is 6.42 Å². The van der Waals surface area contributed by atoms with E-state index in [-0.39, 0.29) is 30.7 Å². The smallest absolute Gasteiger partial charge is 0.311 e. The number of nitro groups is 1. The monoisotopic (exact) mass is 239 g/mol. The second kappa shape index (κ2) is 4.64. The summed E-state index contributed by atoms with van der Waals surface area (Å²) in [6.45, 7) is 0.0911. The van der Waals surface area contributed by atoms with Crippen molar-refractivity contribution in [2.45, 2.75) is 18.6 Å². The quantitative estimate of drug-likeness (QED) is 0.565. The van der Waals surface area contributed by atoms with Gasteiger partial charge in [-0.1, -0.05) is 0 Å². The van der Waals surface area contributed by atoms with Gasteiger partial charge in [0.2, 0.25) is 5.82 Å². The van der Waals surface area contributed by atoms with Gasteiger partial charge < -0.3 is 15.1 Å². The highest BCUT2D eigenvalue weighted by atomic mass is 16.6. The normalized spacial score (nSPS) is 24.0. The van der Waals surface area contributed by atoms with Crippen LogP contribution in [-0.4, -0.2) is 45.4 Å². The van der Waals surface area contributed by atoms with Gasteiger partial charge in [-0.3, -0.25) is 10.1 Å². The molecule has 1 aromatic rings. The molecule has 0 saturated carbocycles. The number of anilines is 1. The summed E-state index contributed by atoms with van der Waals surface area (Å²) in [5.74, 6) is 0.202. The zero-order chi connectivity index (χ0) is 12.4. The fraction of sp³-hybridized carbons (Fsp3) is 0.500. The van der Waals surface area contributed by atoms with Gasteiger partial charge in [0.15, 0.2) is 0 Å². The van der Waals surface area contributed by atoms with Gasteiger partial charge in [-0.15, -0.1) is 0 Å². The molecule has 17 heavy (non-hydrogen) atoms. The molecule has 1 aromatic heterocycles.